The third-order valence-electron chi connectivity index (χ3n) is 4.11. The molecule has 2 unspecified atom stereocenters. The predicted molar refractivity (Wildman–Crippen MR) is 73.3 cm³/mol. The molecule has 0 amide bonds. The van der Waals surface area contributed by atoms with E-state index in [0.29, 0.717) is 25.6 Å². The number of ether oxygens (including phenoxy) is 2. The molecule has 1 saturated carbocycles. The van der Waals surface area contributed by atoms with Gasteiger partial charge in [-0.1, -0.05) is 19.1 Å². The van der Waals surface area contributed by atoms with Gasteiger partial charge in [0.2, 0.25) is 0 Å². The molecule has 1 aromatic carbocycles. The zero-order chi connectivity index (χ0) is 13.3. The number of aliphatic hydroxyl groups is 1. The van der Waals surface area contributed by atoms with Crippen LogP contribution in [0.5, 0.6) is 5.75 Å². The van der Waals surface area contributed by atoms with Gasteiger partial charge < -0.3 is 14.6 Å². The number of benzene rings is 1. The fourth-order valence-electron chi connectivity index (χ4n) is 2.68. The first-order chi connectivity index (χ1) is 9.19. The lowest BCUT2D eigenvalue weighted by molar-refractivity contribution is -0.108. The van der Waals surface area contributed by atoms with Crippen LogP contribution < -0.4 is 4.74 Å². The van der Waals surface area contributed by atoms with Crippen molar-refractivity contribution in [3.8, 4) is 5.75 Å². The first kappa shape index (κ1) is 12.9. The third-order valence-corrected chi connectivity index (χ3v) is 4.11. The second-order valence-corrected chi connectivity index (χ2v) is 5.73. The van der Waals surface area contributed by atoms with Gasteiger partial charge in [-0.05, 0) is 37.0 Å². The molecule has 0 spiro atoms. The van der Waals surface area contributed by atoms with Crippen LogP contribution >= 0.6 is 0 Å². The molecule has 0 radical (unpaired) electrons. The van der Waals surface area contributed by atoms with Crippen molar-refractivity contribution in [2.75, 3.05) is 6.61 Å². The molecule has 3 rings (SSSR count). The van der Waals surface area contributed by atoms with Crippen LogP contribution in [0, 0.1) is 0 Å². The molecule has 1 aliphatic carbocycles. The van der Waals surface area contributed by atoms with Crippen molar-refractivity contribution in [2.24, 2.45) is 0 Å². The molecular formula is C16H22O3. The van der Waals surface area contributed by atoms with Crippen molar-refractivity contribution in [1.29, 1.82) is 0 Å². The molecule has 0 aromatic heterocycles. The van der Waals surface area contributed by atoms with Gasteiger partial charge >= 0.3 is 0 Å². The lowest BCUT2D eigenvalue weighted by Crippen LogP contribution is -2.38. The topological polar surface area (TPSA) is 38.7 Å². The van der Waals surface area contributed by atoms with Gasteiger partial charge in [-0.2, -0.15) is 0 Å². The van der Waals surface area contributed by atoms with Gasteiger partial charge in [0.15, 0.2) is 0 Å². The molecule has 1 heterocycles. The van der Waals surface area contributed by atoms with Gasteiger partial charge in [-0.15, -0.1) is 0 Å². The summed E-state index contributed by atoms with van der Waals surface area (Å²) >= 11 is 0. The highest BCUT2D eigenvalue weighted by Gasteiger charge is 2.36. The first-order valence-corrected chi connectivity index (χ1v) is 7.31. The van der Waals surface area contributed by atoms with E-state index in [0.717, 1.165) is 17.7 Å². The maximum Gasteiger partial charge on any atom is 0.119 e. The van der Waals surface area contributed by atoms with E-state index in [4.69, 9.17) is 9.47 Å². The summed E-state index contributed by atoms with van der Waals surface area (Å²) in [4.78, 5) is 0. The van der Waals surface area contributed by atoms with E-state index in [9.17, 15) is 5.11 Å². The Hall–Kier alpha value is -1.06. The Bertz CT molecular complexity index is 424. The molecule has 1 N–H and O–H groups in total. The Kier molecular flexibility index (Phi) is 3.50. The fraction of sp³-hybridized carbons (Fsp3) is 0.625. The van der Waals surface area contributed by atoms with Crippen LogP contribution in [0.25, 0.3) is 0 Å². The Morgan fingerprint density at radius 1 is 1.32 bits per heavy atom. The van der Waals surface area contributed by atoms with E-state index in [2.05, 4.69) is 6.92 Å². The molecule has 2 aliphatic rings. The minimum absolute atomic E-state index is 0.168. The molecule has 1 aromatic rings. The molecular weight excluding hydrogens is 240 g/mol. The Balaban J connectivity index is 1.72. The van der Waals surface area contributed by atoms with Gasteiger partial charge in [0.05, 0.1) is 24.4 Å². The third kappa shape index (κ3) is 2.93. The van der Waals surface area contributed by atoms with Gasteiger partial charge in [-0.3, -0.25) is 0 Å². The van der Waals surface area contributed by atoms with Crippen LogP contribution in [0.2, 0.25) is 0 Å². The number of rotatable bonds is 4. The van der Waals surface area contributed by atoms with Gasteiger partial charge in [0.25, 0.3) is 0 Å². The lowest BCUT2D eigenvalue weighted by atomic mass is 9.83. The standard InChI is InChI=1S/C16H22O3/c1-2-13-11-16(17,9-10-18-13)12-3-5-14(6-4-12)19-15-7-8-15/h3-6,13,15,17H,2,7-11H2,1H3. The summed E-state index contributed by atoms with van der Waals surface area (Å²) in [6, 6.07) is 7.94. The summed E-state index contributed by atoms with van der Waals surface area (Å²) in [6.07, 6.45) is 5.23. The average Bonchev–Trinajstić information content (AvgIpc) is 3.23. The minimum atomic E-state index is -0.739. The molecule has 2 atom stereocenters. The van der Waals surface area contributed by atoms with Crippen molar-refractivity contribution >= 4 is 0 Å². The van der Waals surface area contributed by atoms with E-state index in [-0.39, 0.29) is 6.10 Å². The van der Waals surface area contributed by atoms with Crippen LogP contribution in [-0.4, -0.2) is 23.9 Å². The zero-order valence-electron chi connectivity index (χ0n) is 11.5. The summed E-state index contributed by atoms with van der Waals surface area (Å²) in [5.41, 5.74) is 0.245. The summed E-state index contributed by atoms with van der Waals surface area (Å²) in [6.45, 7) is 2.73. The molecule has 0 bridgehead atoms. The Morgan fingerprint density at radius 3 is 2.68 bits per heavy atom. The smallest absolute Gasteiger partial charge is 0.119 e. The molecule has 104 valence electrons. The first-order valence-electron chi connectivity index (χ1n) is 7.31. The number of hydrogen-bond acceptors (Lipinski definition) is 3. The van der Waals surface area contributed by atoms with E-state index in [1.165, 1.54) is 12.8 Å². The largest absolute Gasteiger partial charge is 0.490 e. The van der Waals surface area contributed by atoms with Crippen LogP contribution in [0.3, 0.4) is 0 Å². The maximum atomic E-state index is 10.8. The predicted octanol–water partition coefficient (Wildman–Crippen LogP) is 3.00. The molecule has 1 saturated heterocycles. The van der Waals surface area contributed by atoms with Crippen molar-refractivity contribution in [3.05, 3.63) is 29.8 Å². The summed E-state index contributed by atoms with van der Waals surface area (Å²) in [7, 11) is 0. The van der Waals surface area contributed by atoms with Gasteiger partial charge in [-0.25, -0.2) is 0 Å². The average molecular weight is 262 g/mol. The van der Waals surface area contributed by atoms with E-state index < -0.39 is 5.60 Å². The Labute approximate surface area is 114 Å². The van der Waals surface area contributed by atoms with Crippen molar-refractivity contribution in [1.82, 2.24) is 0 Å². The van der Waals surface area contributed by atoms with Gasteiger partial charge in [0, 0.05) is 12.8 Å². The lowest BCUT2D eigenvalue weighted by Gasteiger charge is -2.37. The molecule has 19 heavy (non-hydrogen) atoms. The maximum absolute atomic E-state index is 10.8. The Morgan fingerprint density at radius 2 is 2.05 bits per heavy atom. The highest BCUT2D eigenvalue weighted by atomic mass is 16.5. The van der Waals surface area contributed by atoms with Gasteiger partial charge in [0.1, 0.15) is 5.75 Å². The summed E-state index contributed by atoms with van der Waals surface area (Å²) in [5.74, 6) is 0.911. The second kappa shape index (κ2) is 5.14. The highest BCUT2D eigenvalue weighted by Crippen LogP contribution is 2.36. The molecule has 3 nitrogen and oxygen atoms in total. The molecule has 3 heteroatoms. The SMILES string of the molecule is CCC1CC(O)(c2ccc(OC3CC3)cc2)CCO1. The van der Waals surface area contributed by atoms with E-state index >= 15 is 0 Å². The fourth-order valence-corrected chi connectivity index (χ4v) is 2.68. The second-order valence-electron chi connectivity index (χ2n) is 5.73. The molecule has 2 fully saturated rings. The van der Waals surface area contributed by atoms with Crippen LogP contribution in [0.4, 0.5) is 0 Å². The van der Waals surface area contributed by atoms with E-state index in [1.807, 2.05) is 24.3 Å². The molecule has 1 aliphatic heterocycles. The van der Waals surface area contributed by atoms with Crippen molar-refractivity contribution in [3.63, 3.8) is 0 Å². The number of hydrogen-bond donors (Lipinski definition) is 1. The van der Waals surface area contributed by atoms with Crippen molar-refractivity contribution in [2.45, 2.75) is 56.8 Å². The van der Waals surface area contributed by atoms with Crippen LogP contribution in [0.15, 0.2) is 24.3 Å². The van der Waals surface area contributed by atoms with E-state index in [1.54, 1.807) is 0 Å². The van der Waals surface area contributed by atoms with Crippen molar-refractivity contribution < 1.29 is 14.6 Å². The summed E-state index contributed by atoms with van der Waals surface area (Å²) in [5, 5.41) is 10.8. The minimum Gasteiger partial charge on any atom is -0.490 e. The highest BCUT2D eigenvalue weighted by molar-refractivity contribution is 5.31. The van der Waals surface area contributed by atoms with Crippen LogP contribution in [0.1, 0.15) is 44.6 Å². The quantitative estimate of drug-likeness (QED) is 0.906. The van der Waals surface area contributed by atoms with Crippen LogP contribution in [-0.2, 0) is 10.3 Å². The zero-order valence-corrected chi connectivity index (χ0v) is 11.5. The normalized spacial score (nSPS) is 31.2. The summed E-state index contributed by atoms with van der Waals surface area (Å²) < 4.78 is 11.4. The monoisotopic (exact) mass is 262 g/mol.